The Morgan fingerprint density at radius 3 is 2.33 bits per heavy atom. The number of hydrogen-bond acceptors (Lipinski definition) is 0. The maximum atomic E-state index is 3.67. The van der Waals surface area contributed by atoms with E-state index >= 15 is 0 Å². The van der Waals surface area contributed by atoms with Crippen molar-refractivity contribution in [3.05, 3.63) is 54.1 Å². The highest BCUT2D eigenvalue weighted by atomic mass is 14.0. The maximum Gasteiger partial charge on any atom is -0.0227 e. The van der Waals surface area contributed by atoms with E-state index < -0.39 is 0 Å². The highest BCUT2D eigenvalue weighted by molar-refractivity contribution is 5.65. The molecule has 12 heavy (non-hydrogen) atoms. The first-order chi connectivity index (χ1) is 5.74. The summed E-state index contributed by atoms with van der Waals surface area (Å²) < 4.78 is 0. The lowest BCUT2D eigenvalue weighted by Gasteiger charge is -2.00. The van der Waals surface area contributed by atoms with Crippen molar-refractivity contribution in [2.45, 2.75) is 13.8 Å². The van der Waals surface area contributed by atoms with Gasteiger partial charge in [-0.05, 0) is 25.0 Å². The minimum atomic E-state index is 1.25. The second kappa shape index (κ2) is 3.91. The third-order valence-electron chi connectivity index (χ3n) is 1.87. The Labute approximate surface area is 74.2 Å². The normalized spacial score (nSPS) is 11.3. The maximum absolute atomic E-state index is 3.67. The largest absolute Gasteiger partial charge is 0.0991 e. The topological polar surface area (TPSA) is 0 Å². The fourth-order valence-electron chi connectivity index (χ4n) is 1.09. The molecule has 0 atom stereocenters. The van der Waals surface area contributed by atoms with Crippen molar-refractivity contribution in [3.8, 4) is 0 Å². The predicted molar refractivity (Wildman–Crippen MR) is 55.0 cm³/mol. The molecule has 1 rings (SSSR count). The molecule has 1 aromatic carbocycles. The molecule has 0 radical (unpaired) electrons. The van der Waals surface area contributed by atoms with E-state index in [9.17, 15) is 0 Å². The summed E-state index contributed by atoms with van der Waals surface area (Å²) in [7, 11) is 0. The summed E-state index contributed by atoms with van der Waals surface area (Å²) in [5.41, 5.74) is 3.82. The van der Waals surface area contributed by atoms with E-state index in [1.54, 1.807) is 0 Å². The molecule has 0 spiro atoms. The average molecular weight is 158 g/mol. The van der Waals surface area contributed by atoms with Crippen LogP contribution in [0.2, 0.25) is 0 Å². The van der Waals surface area contributed by atoms with Gasteiger partial charge in [-0.2, -0.15) is 0 Å². The van der Waals surface area contributed by atoms with Gasteiger partial charge in [0.15, 0.2) is 0 Å². The van der Waals surface area contributed by atoms with Gasteiger partial charge in [-0.1, -0.05) is 48.6 Å². The molecule has 0 aliphatic rings. The van der Waals surface area contributed by atoms with Crippen LogP contribution in [-0.4, -0.2) is 0 Å². The van der Waals surface area contributed by atoms with Gasteiger partial charge in [-0.3, -0.25) is 0 Å². The lowest BCUT2D eigenvalue weighted by atomic mass is 10.1. The monoisotopic (exact) mass is 158 g/mol. The predicted octanol–water partition coefficient (Wildman–Crippen LogP) is 3.58. The van der Waals surface area contributed by atoms with Gasteiger partial charge in [-0.25, -0.2) is 0 Å². The van der Waals surface area contributed by atoms with Crippen LogP contribution in [0.4, 0.5) is 0 Å². The average Bonchev–Trinajstić information content (AvgIpc) is 2.06. The van der Waals surface area contributed by atoms with Crippen LogP contribution in [0.1, 0.15) is 18.1 Å². The number of allylic oxidation sites excluding steroid dienone is 3. The van der Waals surface area contributed by atoms with Crippen molar-refractivity contribution in [1.29, 1.82) is 0 Å². The van der Waals surface area contributed by atoms with E-state index in [1.165, 1.54) is 16.7 Å². The first kappa shape index (κ1) is 8.79. The lowest BCUT2D eigenvalue weighted by molar-refractivity contribution is 1.44. The molecule has 0 heteroatoms. The molecular formula is C12H14. The third kappa shape index (κ3) is 2.09. The van der Waals surface area contributed by atoms with Crippen molar-refractivity contribution in [2.24, 2.45) is 0 Å². The molecule has 0 nitrogen and oxygen atoms in total. The Morgan fingerprint density at radius 2 is 1.83 bits per heavy atom. The zero-order valence-electron chi connectivity index (χ0n) is 7.67. The molecule has 0 fully saturated rings. The molecule has 0 amide bonds. The summed E-state index contributed by atoms with van der Waals surface area (Å²) >= 11 is 0. The van der Waals surface area contributed by atoms with Gasteiger partial charge in [-0.15, -0.1) is 0 Å². The molecule has 0 saturated heterocycles. The summed E-state index contributed by atoms with van der Waals surface area (Å²) in [5, 5.41) is 0. The van der Waals surface area contributed by atoms with E-state index in [1.807, 2.05) is 12.2 Å². The van der Waals surface area contributed by atoms with Crippen LogP contribution in [-0.2, 0) is 0 Å². The molecule has 0 aromatic heterocycles. The van der Waals surface area contributed by atoms with E-state index in [2.05, 4.69) is 44.7 Å². The molecule has 0 aliphatic carbocycles. The van der Waals surface area contributed by atoms with Crippen LogP contribution in [0.25, 0.3) is 5.57 Å². The van der Waals surface area contributed by atoms with Crippen LogP contribution < -0.4 is 0 Å². The van der Waals surface area contributed by atoms with E-state index in [-0.39, 0.29) is 0 Å². The van der Waals surface area contributed by atoms with E-state index in [0.717, 1.165) is 0 Å². The smallest absolute Gasteiger partial charge is 0.0227 e. The number of hydrogen-bond donors (Lipinski definition) is 0. The molecule has 62 valence electrons. The van der Waals surface area contributed by atoms with E-state index in [0.29, 0.717) is 0 Å². The minimum absolute atomic E-state index is 1.25. The van der Waals surface area contributed by atoms with Gasteiger partial charge in [0.25, 0.3) is 0 Å². The molecule has 0 heterocycles. The van der Waals surface area contributed by atoms with Crippen LogP contribution in [0.5, 0.6) is 0 Å². The minimum Gasteiger partial charge on any atom is -0.0991 e. The van der Waals surface area contributed by atoms with Gasteiger partial charge in [0.2, 0.25) is 0 Å². The molecule has 1 aromatic rings. The van der Waals surface area contributed by atoms with Crippen LogP contribution in [0.15, 0.2) is 43.0 Å². The summed E-state index contributed by atoms with van der Waals surface area (Å²) in [6.07, 6.45) is 3.83. The first-order valence-electron chi connectivity index (χ1n) is 4.10. The first-order valence-corrected chi connectivity index (χ1v) is 4.10. The number of benzene rings is 1. The third-order valence-corrected chi connectivity index (χ3v) is 1.87. The Hall–Kier alpha value is -1.30. The Balaban J connectivity index is 2.97. The van der Waals surface area contributed by atoms with Crippen molar-refractivity contribution in [3.63, 3.8) is 0 Å². The Kier molecular flexibility index (Phi) is 2.87. The van der Waals surface area contributed by atoms with Gasteiger partial charge >= 0.3 is 0 Å². The standard InChI is InChI=1S/C12H14/c1-4-5-11(3)12-8-6-10(2)7-9-12/h4-9H,1H2,2-3H3/b11-5+. The molecule has 0 unspecified atom stereocenters. The van der Waals surface area contributed by atoms with Gasteiger partial charge in [0.1, 0.15) is 0 Å². The zero-order chi connectivity index (χ0) is 8.97. The van der Waals surface area contributed by atoms with Crippen LogP contribution in [0.3, 0.4) is 0 Å². The van der Waals surface area contributed by atoms with Crippen LogP contribution >= 0.6 is 0 Å². The molecule has 0 bridgehead atoms. The molecule has 0 aliphatic heterocycles. The highest BCUT2D eigenvalue weighted by Crippen LogP contribution is 2.13. The fourth-order valence-corrected chi connectivity index (χ4v) is 1.09. The Morgan fingerprint density at radius 1 is 1.25 bits per heavy atom. The van der Waals surface area contributed by atoms with Crippen molar-refractivity contribution >= 4 is 5.57 Å². The highest BCUT2D eigenvalue weighted by Gasteiger charge is 1.92. The zero-order valence-corrected chi connectivity index (χ0v) is 7.67. The quantitative estimate of drug-likeness (QED) is 0.577. The summed E-state index contributed by atoms with van der Waals surface area (Å²) in [6.45, 7) is 7.85. The van der Waals surface area contributed by atoms with Gasteiger partial charge in [0.05, 0.1) is 0 Å². The second-order valence-corrected chi connectivity index (χ2v) is 2.95. The van der Waals surface area contributed by atoms with Crippen molar-refractivity contribution in [1.82, 2.24) is 0 Å². The lowest BCUT2D eigenvalue weighted by Crippen LogP contribution is -1.78. The van der Waals surface area contributed by atoms with E-state index in [4.69, 9.17) is 0 Å². The number of rotatable bonds is 2. The Bertz CT molecular complexity index is 288. The second-order valence-electron chi connectivity index (χ2n) is 2.95. The molecular weight excluding hydrogens is 144 g/mol. The molecule has 0 saturated carbocycles. The fraction of sp³-hybridized carbons (Fsp3) is 0.167. The number of aryl methyl sites for hydroxylation is 1. The summed E-state index contributed by atoms with van der Waals surface area (Å²) in [5.74, 6) is 0. The van der Waals surface area contributed by atoms with Gasteiger partial charge < -0.3 is 0 Å². The van der Waals surface area contributed by atoms with Crippen molar-refractivity contribution < 1.29 is 0 Å². The van der Waals surface area contributed by atoms with Crippen molar-refractivity contribution in [2.75, 3.05) is 0 Å². The summed E-state index contributed by atoms with van der Waals surface area (Å²) in [6, 6.07) is 8.50. The van der Waals surface area contributed by atoms with Gasteiger partial charge in [0, 0.05) is 0 Å². The summed E-state index contributed by atoms with van der Waals surface area (Å²) in [4.78, 5) is 0. The molecule has 0 N–H and O–H groups in total. The van der Waals surface area contributed by atoms with Crippen LogP contribution in [0, 0.1) is 6.92 Å². The SMILES string of the molecule is C=C/C=C(\C)c1ccc(C)cc1.